The number of piperidine rings is 1. The Morgan fingerprint density at radius 3 is 2.85 bits per heavy atom. The summed E-state index contributed by atoms with van der Waals surface area (Å²) in [6.07, 6.45) is 6.78. The molecule has 136 valence electrons. The van der Waals surface area contributed by atoms with Crippen molar-refractivity contribution in [2.24, 2.45) is 0 Å². The highest BCUT2D eigenvalue weighted by Crippen LogP contribution is 2.31. The van der Waals surface area contributed by atoms with Crippen molar-refractivity contribution < 1.29 is 14.3 Å². The van der Waals surface area contributed by atoms with Crippen LogP contribution in [0, 0.1) is 0 Å². The van der Waals surface area contributed by atoms with Crippen molar-refractivity contribution in [3.8, 4) is 5.69 Å². The number of nitrogens with one attached hydrogen (secondary N) is 1. The van der Waals surface area contributed by atoms with E-state index in [-0.39, 0.29) is 17.9 Å². The van der Waals surface area contributed by atoms with Gasteiger partial charge in [-0.2, -0.15) is 0 Å². The third kappa shape index (κ3) is 2.99. The number of benzene rings is 1. The lowest BCUT2D eigenvalue weighted by atomic mass is 10.00. The molecule has 2 aromatic rings. The molecule has 0 aliphatic carbocycles. The van der Waals surface area contributed by atoms with E-state index in [0.29, 0.717) is 37.9 Å². The quantitative estimate of drug-likeness (QED) is 0.911. The number of amides is 2. The van der Waals surface area contributed by atoms with Gasteiger partial charge in [0.1, 0.15) is 11.8 Å². The Hall–Kier alpha value is -2.67. The number of rotatable bonds is 3. The van der Waals surface area contributed by atoms with Crippen LogP contribution in [-0.4, -0.2) is 51.2 Å². The van der Waals surface area contributed by atoms with E-state index in [1.807, 2.05) is 46.9 Å². The Morgan fingerprint density at radius 1 is 1.38 bits per heavy atom. The predicted molar refractivity (Wildman–Crippen MR) is 94.7 cm³/mol. The Morgan fingerprint density at radius 2 is 2.19 bits per heavy atom. The van der Waals surface area contributed by atoms with E-state index >= 15 is 0 Å². The number of ether oxygens (including phenoxy) is 1. The Kier molecular flexibility index (Phi) is 4.24. The molecule has 2 amide bonds. The molecule has 2 aliphatic rings. The van der Waals surface area contributed by atoms with Crippen LogP contribution in [0.4, 0.5) is 0 Å². The number of likely N-dealkylation sites (tertiary alicyclic amines) is 1. The maximum absolute atomic E-state index is 12.9. The lowest BCUT2D eigenvalue weighted by molar-refractivity contribution is -0.124. The molecule has 0 radical (unpaired) electrons. The van der Waals surface area contributed by atoms with Crippen LogP contribution in [-0.2, 0) is 9.53 Å². The van der Waals surface area contributed by atoms with Gasteiger partial charge in [0, 0.05) is 49.6 Å². The second kappa shape index (κ2) is 6.57. The van der Waals surface area contributed by atoms with Crippen LogP contribution < -0.4 is 5.32 Å². The smallest absolute Gasteiger partial charge is 0.253 e. The van der Waals surface area contributed by atoms with E-state index in [2.05, 4.69) is 10.3 Å². The van der Waals surface area contributed by atoms with Gasteiger partial charge >= 0.3 is 0 Å². The van der Waals surface area contributed by atoms with Crippen molar-refractivity contribution in [1.29, 1.82) is 0 Å². The van der Waals surface area contributed by atoms with Gasteiger partial charge in [-0.25, -0.2) is 4.98 Å². The summed E-state index contributed by atoms with van der Waals surface area (Å²) in [7, 11) is 0. The van der Waals surface area contributed by atoms with Gasteiger partial charge in [-0.15, -0.1) is 0 Å². The maximum Gasteiger partial charge on any atom is 0.253 e. The number of carbonyl (C=O) groups is 2. The fourth-order valence-electron chi connectivity index (χ4n) is 3.64. The molecule has 2 aliphatic heterocycles. The molecular weight excluding hydrogens is 332 g/mol. The van der Waals surface area contributed by atoms with Gasteiger partial charge in [-0.3, -0.25) is 9.59 Å². The van der Waals surface area contributed by atoms with Gasteiger partial charge in [0.25, 0.3) is 11.8 Å². The lowest BCUT2D eigenvalue weighted by Crippen LogP contribution is -2.53. The molecule has 1 spiro atoms. The average Bonchev–Trinajstić information content (AvgIpc) is 3.30. The highest BCUT2D eigenvalue weighted by molar-refractivity contribution is 5.95. The van der Waals surface area contributed by atoms with Crippen molar-refractivity contribution in [2.45, 2.75) is 38.0 Å². The number of carbonyl (C=O) groups excluding carboxylic acids is 2. The fourth-order valence-corrected chi connectivity index (χ4v) is 3.64. The lowest BCUT2D eigenvalue weighted by Gasteiger charge is -2.38. The minimum atomic E-state index is -0.604. The van der Waals surface area contributed by atoms with E-state index in [1.165, 1.54) is 0 Å². The van der Waals surface area contributed by atoms with Gasteiger partial charge in [0.2, 0.25) is 0 Å². The number of imidazole rings is 1. The summed E-state index contributed by atoms with van der Waals surface area (Å²) in [6.45, 7) is 3.06. The number of aromatic nitrogens is 2. The molecule has 7 heteroatoms. The molecule has 0 unspecified atom stereocenters. The Balaban J connectivity index is 1.45. The van der Waals surface area contributed by atoms with Crippen molar-refractivity contribution in [3.05, 3.63) is 48.5 Å². The minimum absolute atomic E-state index is 0.00168. The Bertz CT molecular complexity index is 810. The molecule has 3 heterocycles. The SMILES string of the molecule is CC[C@@H]1OC2(CCN(C(=O)c3cccc(-n4ccnc4)c3)CC2)NC1=O. The summed E-state index contributed by atoms with van der Waals surface area (Å²) >= 11 is 0. The van der Waals surface area contributed by atoms with Crippen molar-refractivity contribution in [2.75, 3.05) is 13.1 Å². The summed E-state index contributed by atoms with van der Waals surface area (Å²) in [6, 6.07) is 7.51. The molecule has 7 nitrogen and oxygen atoms in total. The fraction of sp³-hybridized carbons (Fsp3) is 0.421. The molecule has 1 atom stereocenters. The van der Waals surface area contributed by atoms with Crippen molar-refractivity contribution in [3.63, 3.8) is 0 Å². The molecule has 2 fully saturated rings. The zero-order valence-corrected chi connectivity index (χ0v) is 14.7. The minimum Gasteiger partial charge on any atom is -0.343 e. The van der Waals surface area contributed by atoms with Crippen LogP contribution in [0.2, 0.25) is 0 Å². The second-order valence-electron chi connectivity index (χ2n) is 6.81. The third-order valence-electron chi connectivity index (χ3n) is 5.14. The van der Waals surface area contributed by atoms with Crippen LogP contribution >= 0.6 is 0 Å². The molecule has 4 rings (SSSR count). The van der Waals surface area contributed by atoms with E-state index in [0.717, 1.165) is 5.69 Å². The van der Waals surface area contributed by atoms with Crippen LogP contribution in [0.1, 0.15) is 36.5 Å². The first-order chi connectivity index (χ1) is 12.6. The molecule has 1 N–H and O–H groups in total. The molecule has 0 saturated carbocycles. The van der Waals surface area contributed by atoms with Gasteiger partial charge in [-0.1, -0.05) is 13.0 Å². The Labute approximate surface area is 152 Å². The monoisotopic (exact) mass is 354 g/mol. The van der Waals surface area contributed by atoms with E-state index in [1.54, 1.807) is 12.5 Å². The summed E-state index contributed by atoms with van der Waals surface area (Å²) in [5.41, 5.74) is 0.946. The molecule has 0 bridgehead atoms. The standard InChI is InChI=1S/C19H22N4O3/c1-2-16-17(24)21-19(26-16)6-9-22(10-7-19)18(25)14-4-3-5-15(12-14)23-11-8-20-13-23/h3-5,8,11-13,16H,2,6-7,9-10H2,1H3,(H,21,24)/t16-/m0/s1. The van der Waals surface area contributed by atoms with Gasteiger partial charge in [-0.05, 0) is 24.6 Å². The topological polar surface area (TPSA) is 76.5 Å². The first-order valence-electron chi connectivity index (χ1n) is 8.98. The van der Waals surface area contributed by atoms with Gasteiger partial charge in [0.15, 0.2) is 0 Å². The van der Waals surface area contributed by atoms with Crippen LogP contribution in [0.15, 0.2) is 43.0 Å². The van der Waals surface area contributed by atoms with Gasteiger partial charge < -0.3 is 19.5 Å². The van der Waals surface area contributed by atoms with Crippen molar-refractivity contribution in [1.82, 2.24) is 19.8 Å². The highest BCUT2D eigenvalue weighted by atomic mass is 16.5. The molecule has 1 aromatic carbocycles. The number of nitrogens with zero attached hydrogens (tertiary/aromatic N) is 3. The maximum atomic E-state index is 12.9. The van der Waals surface area contributed by atoms with Crippen LogP contribution in [0.3, 0.4) is 0 Å². The largest absolute Gasteiger partial charge is 0.343 e. The first-order valence-corrected chi connectivity index (χ1v) is 8.98. The van der Waals surface area contributed by atoms with E-state index in [9.17, 15) is 9.59 Å². The first kappa shape index (κ1) is 16.8. The average molecular weight is 354 g/mol. The second-order valence-corrected chi connectivity index (χ2v) is 6.81. The summed E-state index contributed by atoms with van der Waals surface area (Å²) in [4.78, 5) is 30.7. The predicted octanol–water partition coefficient (Wildman–Crippen LogP) is 1.73. The number of hydrogen-bond donors (Lipinski definition) is 1. The zero-order valence-electron chi connectivity index (χ0n) is 14.7. The van der Waals surface area contributed by atoms with E-state index < -0.39 is 5.72 Å². The molecule has 26 heavy (non-hydrogen) atoms. The summed E-state index contributed by atoms with van der Waals surface area (Å²) in [5.74, 6) is -0.0431. The third-order valence-corrected chi connectivity index (χ3v) is 5.14. The summed E-state index contributed by atoms with van der Waals surface area (Å²) in [5, 5.41) is 2.99. The van der Waals surface area contributed by atoms with E-state index in [4.69, 9.17) is 4.74 Å². The molecule has 2 saturated heterocycles. The molecular formula is C19H22N4O3. The number of hydrogen-bond acceptors (Lipinski definition) is 4. The van der Waals surface area contributed by atoms with Crippen molar-refractivity contribution >= 4 is 11.8 Å². The highest BCUT2D eigenvalue weighted by Gasteiger charge is 2.46. The summed E-state index contributed by atoms with van der Waals surface area (Å²) < 4.78 is 7.81. The zero-order chi connectivity index (χ0) is 18.1. The van der Waals surface area contributed by atoms with Crippen LogP contribution in [0.25, 0.3) is 5.69 Å². The van der Waals surface area contributed by atoms with Crippen LogP contribution in [0.5, 0.6) is 0 Å². The normalized spacial score (nSPS) is 21.8. The molecule has 1 aromatic heterocycles. The van der Waals surface area contributed by atoms with Gasteiger partial charge in [0.05, 0.1) is 6.33 Å².